The first-order chi connectivity index (χ1) is 8.13. The molecule has 0 aliphatic rings. The number of anilines is 2. The summed E-state index contributed by atoms with van der Waals surface area (Å²) in [5, 5.41) is 2.65. The maximum absolute atomic E-state index is 12.8. The van der Waals surface area contributed by atoms with Crippen LogP contribution in [0.2, 0.25) is 0 Å². The third-order valence-electron chi connectivity index (χ3n) is 2.40. The number of carbonyl (C=O) groups excluding carboxylic acids is 1. The summed E-state index contributed by atoms with van der Waals surface area (Å²) in [5.41, 5.74) is 11.6. The molecule has 0 heterocycles. The molecular weight excluding hydrogens is 221 g/mol. The third kappa shape index (κ3) is 4.82. The van der Waals surface area contributed by atoms with Gasteiger partial charge in [0.25, 0.3) is 0 Å². The van der Waals surface area contributed by atoms with Crippen LogP contribution in [0, 0.1) is 5.82 Å². The van der Waals surface area contributed by atoms with Crippen LogP contribution in [0.1, 0.15) is 25.7 Å². The lowest BCUT2D eigenvalue weighted by molar-refractivity contribution is -0.116. The number of halogens is 1. The van der Waals surface area contributed by atoms with Crippen molar-refractivity contribution in [1.29, 1.82) is 0 Å². The van der Waals surface area contributed by atoms with Gasteiger partial charge in [0.15, 0.2) is 0 Å². The van der Waals surface area contributed by atoms with Crippen LogP contribution >= 0.6 is 0 Å². The lowest BCUT2D eigenvalue weighted by atomic mass is 10.2. The number of benzene rings is 1. The number of amides is 1. The first-order valence-corrected chi connectivity index (χ1v) is 5.68. The molecule has 0 atom stereocenters. The van der Waals surface area contributed by atoms with E-state index in [1.54, 1.807) is 0 Å². The molecule has 0 saturated carbocycles. The van der Waals surface area contributed by atoms with Gasteiger partial charge in [0, 0.05) is 6.42 Å². The van der Waals surface area contributed by atoms with Crippen molar-refractivity contribution in [2.45, 2.75) is 25.7 Å². The summed E-state index contributed by atoms with van der Waals surface area (Å²) in [7, 11) is 0. The Hall–Kier alpha value is -1.62. The van der Waals surface area contributed by atoms with E-state index in [9.17, 15) is 9.18 Å². The van der Waals surface area contributed by atoms with E-state index in [2.05, 4.69) is 5.32 Å². The minimum atomic E-state index is -0.413. The van der Waals surface area contributed by atoms with Gasteiger partial charge in [0.2, 0.25) is 5.91 Å². The molecule has 0 aliphatic carbocycles. The van der Waals surface area contributed by atoms with Crippen LogP contribution in [0.3, 0.4) is 0 Å². The molecule has 0 unspecified atom stereocenters. The average Bonchev–Trinajstić information content (AvgIpc) is 2.28. The summed E-state index contributed by atoms with van der Waals surface area (Å²) in [6.07, 6.45) is 3.08. The van der Waals surface area contributed by atoms with E-state index in [0.717, 1.165) is 19.3 Å². The van der Waals surface area contributed by atoms with Crippen molar-refractivity contribution in [2.75, 3.05) is 17.6 Å². The molecule has 1 amide bonds. The Morgan fingerprint density at radius 2 is 2.06 bits per heavy atom. The van der Waals surface area contributed by atoms with E-state index in [-0.39, 0.29) is 11.6 Å². The average molecular weight is 239 g/mol. The Labute approximate surface area is 100 Å². The molecule has 1 aromatic rings. The fraction of sp³-hybridized carbons (Fsp3) is 0.417. The fourth-order valence-electron chi connectivity index (χ4n) is 1.47. The van der Waals surface area contributed by atoms with Crippen LogP contribution in [0.15, 0.2) is 18.2 Å². The highest BCUT2D eigenvalue weighted by Crippen LogP contribution is 2.19. The van der Waals surface area contributed by atoms with Gasteiger partial charge in [-0.2, -0.15) is 0 Å². The Morgan fingerprint density at radius 1 is 1.29 bits per heavy atom. The normalized spacial score (nSPS) is 10.2. The summed E-state index contributed by atoms with van der Waals surface area (Å²) in [6.45, 7) is 0.645. The van der Waals surface area contributed by atoms with Gasteiger partial charge in [0.1, 0.15) is 5.82 Å². The number of unbranched alkanes of at least 4 members (excludes halogenated alkanes) is 2. The van der Waals surface area contributed by atoms with Crippen molar-refractivity contribution in [3.05, 3.63) is 24.0 Å². The maximum atomic E-state index is 12.8. The van der Waals surface area contributed by atoms with Crippen LogP contribution in [-0.2, 0) is 4.79 Å². The zero-order valence-corrected chi connectivity index (χ0v) is 9.71. The highest BCUT2D eigenvalue weighted by molar-refractivity contribution is 5.93. The first-order valence-electron chi connectivity index (χ1n) is 5.68. The lowest BCUT2D eigenvalue weighted by Gasteiger charge is -2.07. The summed E-state index contributed by atoms with van der Waals surface area (Å²) in [6, 6.07) is 3.91. The molecular formula is C12H18FN3O. The minimum Gasteiger partial charge on any atom is -0.397 e. The van der Waals surface area contributed by atoms with Crippen LogP contribution in [0.25, 0.3) is 0 Å². The maximum Gasteiger partial charge on any atom is 0.224 e. The molecule has 5 heteroatoms. The van der Waals surface area contributed by atoms with Gasteiger partial charge >= 0.3 is 0 Å². The predicted octanol–water partition coefficient (Wildman–Crippen LogP) is 1.87. The molecule has 0 aromatic heterocycles. The molecule has 0 aliphatic heterocycles. The number of nitrogens with two attached hydrogens (primary N) is 2. The highest BCUT2D eigenvalue weighted by atomic mass is 19.1. The molecule has 94 valence electrons. The lowest BCUT2D eigenvalue weighted by Crippen LogP contribution is -2.12. The largest absolute Gasteiger partial charge is 0.397 e. The van der Waals surface area contributed by atoms with Crippen LogP contribution < -0.4 is 16.8 Å². The summed E-state index contributed by atoms with van der Waals surface area (Å²) in [5.74, 6) is -0.524. The minimum absolute atomic E-state index is 0.111. The van der Waals surface area contributed by atoms with Gasteiger partial charge in [-0.25, -0.2) is 4.39 Å². The SMILES string of the molecule is NCCCCCC(=O)Nc1ccc(F)cc1N. The molecule has 0 fully saturated rings. The van der Waals surface area contributed by atoms with Gasteiger partial charge in [-0.05, 0) is 37.6 Å². The van der Waals surface area contributed by atoms with Gasteiger partial charge in [-0.3, -0.25) is 4.79 Å². The van der Waals surface area contributed by atoms with Crippen LogP contribution in [0.5, 0.6) is 0 Å². The summed E-state index contributed by atoms with van der Waals surface area (Å²) in [4.78, 5) is 11.5. The van der Waals surface area contributed by atoms with E-state index < -0.39 is 5.82 Å². The smallest absolute Gasteiger partial charge is 0.224 e. The molecule has 1 rings (SSSR count). The molecule has 0 spiro atoms. The monoisotopic (exact) mass is 239 g/mol. The number of hydrogen-bond acceptors (Lipinski definition) is 3. The second kappa shape index (κ2) is 6.85. The molecule has 0 saturated heterocycles. The first kappa shape index (κ1) is 13.4. The van der Waals surface area contributed by atoms with Gasteiger partial charge in [0.05, 0.1) is 11.4 Å². The van der Waals surface area contributed by atoms with Crippen LogP contribution in [0.4, 0.5) is 15.8 Å². The Bertz CT molecular complexity index is 382. The van der Waals surface area contributed by atoms with Crippen molar-refractivity contribution < 1.29 is 9.18 Å². The van der Waals surface area contributed by atoms with Crippen LogP contribution in [-0.4, -0.2) is 12.5 Å². The zero-order valence-electron chi connectivity index (χ0n) is 9.71. The van der Waals surface area contributed by atoms with Gasteiger partial charge in [-0.1, -0.05) is 6.42 Å². The summed E-state index contributed by atoms with van der Waals surface area (Å²) < 4.78 is 12.8. The highest BCUT2D eigenvalue weighted by Gasteiger charge is 2.05. The van der Waals surface area contributed by atoms with E-state index in [4.69, 9.17) is 11.5 Å². The molecule has 0 bridgehead atoms. The summed E-state index contributed by atoms with van der Waals surface area (Å²) >= 11 is 0. The molecule has 17 heavy (non-hydrogen) atoms. The second-order valence-electron chi connectivity index (χ2n) is 3.88. The van der Waals surface area contributed by atoms with Crippen molar-refractivity contribution in [3.8, 4) is 0 Å². The van der Waals surface area contributed by atoms with Crippen molar-refractivity contribution in [2.24, 2.45) is 5.73 Å². The van der Waals surface area contributed by atoms with Crippen molar-refractivity contribution >= 4 is 17.3 Å². The van der Waals surface area contributed by atoms with E-state index in [1.165, 1.54) is 18.2 Å². The third-order valence-corrected chi connectivity index (χ3v) is 2.40. The topological polar surface area (TPSA) is 81.1 Å². The quantitative estimate of drug-likeness (QED) is 0.523. The standard InChI is InChI=1S/C12H18FN3O/c13-9-5-6-11(10(15)8-9)16-12(17)4-2-1-3-7-14/h5-6,8H,1-4,7,14-15H2,(H,16,17). The van der Waals surface area contributed by atoms with E-state index in [1.807, 2.05) is 0 Å². The number of nitrogens with one attached hydrogen (secondary N) is 1. The van der Waals surface area contributed by atoms with Gasteiger partial charge < -0.3 is 16.8 Å². The number of nitrogen functional groups attached to an aromatic ring is 1. The van der Waals surface area contributed by atoms with Crippen molar-refractivity contribution in [1.82, 2.24) is 0 Å². The number of hydrogen-bond donors (Lipinski definition) is 3. The molecule has 1 aromatic carbocycles. The molecule has 0 radical (unpaired) electrons. The van der Waals surface area contributed by atoms with E-state index in [0.29, 0.717) is 18.7 Å². The Balaban J connectivity index is 2.40. The number of rotatable bonds is 6. The van der Waals surface area contributed by atoms with Gasteiger partial charge in [-0.15, -0.1) is 0 Å². The zero-order chi connectivity index (χ0) is 12.7. The fourth-order valence-corrected chi connectivity index (χ4v) is 1.47. The number of carbonyl (C=O) groups is 1. The second-order valence-corrected chi connectivity index (χ2v) is 3.88. The molecule has 4 nitrogen and oxygen atoms in total. The Kier molecular flexibility index (Phi) is 5.42. The predicted molar refractivity (Wildman–Crippen MR) is 67.0 cm³/mol. The molecule has 5 N–H and O–H groups in total. The van der Waals surface area contributed by atoms with E-state index >= 15 is 0 Å². The Morgan fingerprint density at radius 3 is 2.71 bits per heavy atom. The van der Waals surface area contributed by atoms with Crippen molar-refractivity contribution in [3.63, 3.8) is 0 Å².